The molecule has 0 bridgehead atoms. The molecule has 0 amide bonds. The van der Waals surface area contributed by atoms with Crippen molar-refractivity contribution in [1.29, 1.82) is 0 Å². The van der Waals surface area contributed by atoms with Gasteiger partial charge >= 0.3 is 6.18 Å². The Bertz CT molecular complexity index is 349. The SMILES string of the molecule is NCC1(c2nc(C(F)(F)F)cs2)CCC1. The van der Waals surface area contributed by atoms with E-state index in [1.165, 1.54) is 0 Å². The standard InChI is InChI=1S/C9H11F3N2S/c10-9(11,12)6-4-15-7(14-6)8(5-13)2-1-3-8/h4H,1-3,5,13H2. The van der Waals surface area contributed by atoms with E-state index in [0.29, 0.717) is 11.6 Å². The maximum Gasteiger partial charge on any atom is 0.434 e. The maximum absolute atomic E-state index is 12.3. The van der Waals surface area contributed by atoms with Crippen LogP contribution in [0.3, 0.4) is 0 Å². The molecule has 0 radical (unpaired) electrons. The number of hydrogen-bond donors (Lipinski definition) is 1. The van der Waals surface area contributed by atoms with Crippen molar-refractivity contribution >= 4 is 11.3 Å². The second kappa shape index (κ2) is 3.45. The third-order valence-electron chi connectivity index (χ3n) is 2.95. The molecule has 84 valence electrons. The van der Waals surface area contributed by atoms with Crippen molar-refractivity contribution in [3.8, 4) is 0 Å². The first-order valence-corrected chi connectivity index (χ1v) is 5.59. The minimum absolute atomic E-state index is 0.270. The summed E-state index contributed by atoms with van der Waals surface area (Å²) in [5, 5.41) is 1.62. The number of rotatable bonds is 2. The van der Waals surface area contributed by atoms with Gasteiger partial charge in [-0.3, -0.25) is 0 Å². The molecule has 0 spiro atoms. The lowest BCUT2D eigenvalue weighted by atomic mass is 9.69. The number of hydrogen-bond acceptors (Lipinski definition) is 3. The molecular formula is C9H11F3N2S. The van der Waals surface area contributed by atoms with E-state index >= 15 is 0 Å². The molecule has 0 unspecified atom stereocenters. The number of aromatic nitrogens is 1. The van der Waals surface area contributed by atoms with E-state index < -0.39 is 11.9 Å². The Labute approximate surface area is 89.3 Å². The monoisotopic (exact) mass is 236 g/mol. The van der Waals surface area contributed by atoms with E-state index in [2.05, 4.69) is 4.98 Å². The summed E-state index contributed by atoms with van der Waals surface area (Å²) >= 11 is 1.07. The van der Waals surface area contributed by atoms with Gasteiger partial charge in [-0.15, -0.1) is 11.3 Å². The van der Waals surface area contributed by atoms with Crippen molar-refractivity contribution in [3.63, 3.8) is 0 Å². The molecule has 2 rings (SSSR count). The third kappa shape index (κ3) is 1.76. The van der Waals surface area contributed by atoms with Crippen LogP contribution in [-0.2, 0) is 11.6 Å². The highest BCUT2D eigenvalue weighted by Gasteiger charge is 2.42. The topological polar surface area (TPSA) is 38.9 Å². The molecule has 6 heteroatoms. The lowest BCUT2D eigenvalue weighted by Gasteiger charge is -2.38. The van der Waals surface area contributed by atoms with Gasteiger partial charge in [-0.2, -0.15) is 13.2 Å². The second-order valence-electron chi connectivity index (χ2n) is 3.87. The number of thiazole rings is 1. The van der Waals surface area contributed by atoms with Crippen LogP contribution < -0.4 is 5.73 Å². The Kier molecular flexibility index (Phi) is 2.50. The van der Waals surface area contributed by atoms with Crippen LogP contribution in [0.15, 0.2) is 5.38 Å². The first kappa shape index (κ1) is 10.9. The predicted octanol–water partition coefficient (Wildman–Crippen LogP) is 2.54. The second-order valence-corrected chi connectivity index (χ2v) is 4.73. The Morgan fingerprint density at radius 3 is 2.47 bits per heavy atom. The summed E-state index contributed by atoms with van der Waals surface area (Å²) in [5.74, 6) is 0. The molecule has 0 aromatic carbocycles. The van der Waals surface area contributed by atoms with Crippen LogP contribution >= 0.6 is 11.3 Å². The minimum Gasteiger partial charge on any atom is -0.329 e. The fourth-order valence-corrected chi connectivity index (χ4v) is 2.85. The molecule has 1 aliphatic rings. The van der Waals surface area contributed by atoms with Crippen molar-refractivity contribution < 1.29 is 13.2 Å². The van der Waals surface area contributed by atoms with Gasteiger partial charge in [0.25, 0.3) is 0 Å². The average Bonchev–Trinajstić information content (AvgIpc) is 2.51. The number of halogens is 3. The molecule has 2 nitrogen and oxygen atoms in total. The maximum atomic E-state index is 12.3. The summed E-state index contributed by atoms with van der Waals surface area (Å²) in [7, 11) is 0. The van der Waals surface area contributed by atoms with Gasteiger partial charge in [0.05, 0.1) is 0 Å². The van der Waals surface area contributed by atoms with Crippen LogP contribution in [0.25, 0.3) is 0 Å². The van der Waals surface area contributed by atoms with Crippen molar-refractivity contribution in [3.05, 3.63) is 16.1 Å². The molecule has 0 saturated heterocycles. The fraction of sp³-hybridized carbons (Fsp3) is 0.667. The zero-order chi connectivity index (χ0) is 11.1. The van der Waals surface area contributed by atoms with Gasteiger partial charge in [-0.25, -0.2) is 4.98 Å². The minimum atomic E-state index is -4.34. The van der Waals surface area contributed by atoms with E-state index in [0.717, 1.165) is 36.0 Å². The zero-order valence-corrected chi connectivity index (χ0v) is 8.79. The van der Waals surface area contributed by atoms with Gasteiger partial charge in [-0.1, -0.05) is 6.42 Å². The lowest BCUT2D eigenvalue weighted by molar-refractivity contribution is -0.140. The predicted molar refractivity (Wildman–Crippen MR) is 51.7 cm³/mol. The summed E-state index contributed by atoms with van der Waals surface area (Å²) in [6, 6.07) is 0. The van der Waals surface area contributed by atoms with Gasteiger partial charge in [-0.05, 0) is 12.8 Å². The van der Waals surface area contributed by atoms with E-state index in [1.54, 1.807) is 0 Å². The molecule has 0 atom stereocenters. The van der Waals surface area contributed by atoms with Gasteiger partial charge in [0.2, 0.25) is 0 Å². The van der Waals surface area contributed by atoms with Crippen LogP contribution in [0.1, 0.15) is 30.0 Å². The molecule has 15 heavy (non-hydrogen) atoms. The van der Waals surface area contributed by atoms with Crippen molar-refractivity contribution in [2.75, 3.05) is 6.54 Å². The van der Waals surface area contributed by atoms with Gasteiger partial charge in [0.15, 0.2) is 5.69 Å². The molecule has 1 aromatic rings. The summed E-state index contributed by atoms with van der Waals surface area (Å²) in [6.45, 7) is 0.387. The molecule has 1 heterocycles. The van der Waals surface area contributed by atoms with E-state index in [-0.39, 0.29) is 5.41 Å². The Morgan fingerprint density at radius 1 is 1.47 bits per heavy atom. The normalized spacial score (nSPS) is 20.0. The molecule has 2 N–H and O–H groups in total. The molecule has 1 saturated carbocycles. The Morgan fingerprint density at radius 2 is 2.13 bits per heavy atom. The van der Waals surface area contributed by atoms with E-state index in [4.69, 9.17) is 5.73 Å². The van der Waals surface area contributed by atoms with Crippen LogP contribution in [0.5, 0.6) is 0 Å². The highest BCUT2D eigenvalue weighted by molar-refractivity contribution is 7.09. The smallest absolute Gasteiger partial charge is 0.329 e. The Balaban J connectivity index is 2.27. The fourth-order valence-electron chi connectivity index (χ4n) is 1.76. The average molecular weight is 236 g/mol. The molecule has 1 aliphatic carbocycles. The van der Waals surface area contributed by atoms with Crippen LogP contribution in [-0.4, -0.2) is 11.5 Å². The zero-order valence-electron chi connectivity index (χ0n) is 7.97. The van der Waals surface area contributed by atoms with E-state index in [1.807, 2.05) is 0 Å². The van der Waals surface area contributed by atoms with Crippen LogP contribution in [0, 0.1) is 0 Å². The first-order valence-electron chi connectivity index (χ1n) is 4.71. The summed E-state index contributed by atoms with van der Waals surface area (Å²) in [6.07, 6.45) is -1.60. The highest BCUT2D eigenvalue weighted by Crippen LogP contribution is 2.45. The first-order chi connectivity index (χ1) is 6.98. The third-order valence-corrected chi connectivity index (χ3v) is 4.04. The summed E-state index contributed by atoms with van der Waals surface area (Å²) in [4.78, 5) is 3.66. The largest absolute Gasteiger partial charge is 0.434 e. The van der Waals surface area contributed by atoms with Gasteiger partial charge < -0.3 is 5.73 Å². The lowest BCUT2D eigenvalue weighted by Crippen LogP contribution is -2.41. The summed E-state index contributed by atoms with van der Waals surface area (Å²) in [5.41, 5.74) is 4.55. The van der Waals surface area contributed by atoms with Gasteiger partial charge in [0.1, 0.15) is 5.01 Å². The Hall–Kier alpha value is -0.620. The van der Waals surface area contributed by atoms with E-state index in [9.17, 15) is 13.2 Å². The van der Waals surface area contributed by atoms with Crippen LogP contribution in [0.2, 0.25) is 0 Å². The number of alkyl halides is 3. The number of nitrogens with two attached hydrogens (primary N) is 1. The van der Waals surface area contributed by atoms with Gasteiger partial charge in [0, 0.05) is 17.3 Å². The number of nitrogens with zero attached hydrogens (tertiary/aromatic N) is 1. The van der Waals surface area contributed by atoms with Crippen LogP contribution in [0.4, 0.5) is 13.2 Å². The quantitative estimate of drug-likeness (QED) is 0.857. The molecule has 1 aromatic heterocycles. The molecular weight excluding hydrogens is 225 g/mol. The summed E-state index contributed by atoms with van der Waals surface area (Å²) < 4.78 is 37.0. The highest BCUT2D eigenvalue weighted by atomic mass is 32.1. The van der Waals surface area contributed by atoms with Crippen molar-refractivity contribution in [2.45, 2.75) is 30.9 Å². The van der Waals surface area contributed by atoms with Crippen molar-refractivity contribution in [2.24, 2.45) is 5.73 Å². The molecule has 0 aliphatic heterocycles. The molecule has 1 fully saturated rings. The van der Waals surface area contributed by atoms with Crippen molar-refractivity contribution in [1.82, 2.24) is 4.98 Å².